The van der Waals surface area contributed by atoms with Crippen LogP contribution in [-0.2, 0) is 14.2 Å². The molecule has 1 atom stereocenters. The van der Waals surface area contributed by atoms with Gasteiger partial charge >= 0.3 is 23.9 Å². The number of aliphatic hydroxyl groups is 2. The fourth-order valence-electron chi connectivity index (χ4n) is 2.68. The maximum Gasteiger partial charge on any atom is 0.460 e. The molecule has 34 heavy (non-hydrogen) atoms. The molecule has 0 bridgehead atoms. The molecule has 0 aliphatic rings. The van der Waals surface area contributed by atoms with Crippen molar-refractivity contribution in [3.05, 3.63) is 0 Å². The Hall–Kier alpha value is -0.870. The number of hydrogen-bond acceptors (Lipinski definition) is 6. The van der Waals surface area contributed by atoms with Gasteiger partial charge in [0.05, 0.1) is 52.4 Å². The van der Waals surface area contributed by atoms with Gasteiger partial charge in [-0.15, -0.1) is 0 Å². The van der Waals surface area contributed by atoms with E-state index in [1.165, 1.54) is 0 Å². The van der Waals surface area contributed by atoms with E-state index in [4.69, 9.17) is 24.4 Å². The molecule has 0 radical (unpaired) electrons. The second-order valence-electron chi connectivity index (χ2n) is 7.38. The third-order valence-corrected chi connectivity index (χ3v) is 4.60. The first kappa shape index (κ1) is 33.1. The molecule has 6 nitrogen and oxygen atoms in total. The van der Waals surface area contributed by atoms with Gasteiger partial charge in [-0.2, -0.15) is 39.5 Å². The van der Waals surface area contributed by atoms with Crippen LogP contribution in [0, 0.1) is 0 Å². The first-order chi connectivity index (χ1) is 15.7. The highest BCUT2D eigenvalue weighted by Gasteiger charge is 2.81. The quantitative estimate of drug-likeness (QED) is 0.188. The Morgan fingerprint density at radius 1 is 0.765 bits per heavy atom. The highest BCUT2D eigenvalue weighted by atomic mass is 19.4. The van der Waals surface area contributed by atoms with Crippen molar-refractivity contribution in [2.75, 3.05) is 65.9 Å². The molecule has 0 aliphatic carbocycles. The predicted molar refractivity (Wildman–Crippen MR) is 102 cm³/mol. The van der Waals surface area contributed by atoms with E-state index in [0.29, 0.717) is 13.1 Å². The Kier molecular flexibility index (Phi) is 14.9. The van der Waals surface area contributed by atoms with E-state index in [0.717, 1.165) is 12.8 Å². The van der Waals surface area contributed by atoms with E-state index in [2.05, 4.69) is 0 Å². The summed E-state index contributed by atoms with van der Waals surface area (Å²) in [5.41, 5.74) is 0. The SMILES string of the molecule is CCCCN(CCOCCO)CC(COCCC(F)(F)C(F)(F)C(F)(F)C(F)(F)F)OCCO. The summed E-state index contributed by atoms with van der Waals surface area (Å²) in [4.78, 5) is 1.85. The summed E-state index contributed by atoms with van der Waals surface area (Å²) in [7, 11) is 0. The van der Waals surface area contributed by atoms with Crippen LogP contribution in [0.25, 0.3) is 0 Å². The molecule has 0 rings (SSSR count). The van der Waals surface area contributed by atoms with Gasteiger partial charge in [0.25, 0.3) is 0 Å². The molecular formula is C19H32F9NO5. The van der Waals surface area contributed by atoms with E-state index in [-0.39, 0.29) is 33.0 Å². The molecule has 2 N–H and O–H groups in total. The lowest BCUT2D eigenvalue weighted by Gasteiger charge is -2.33. The van der Waals surface area contributed by atoms with Crippen LogP contribution in [0.15, 0.2) is 0 Å². The third kappa shape index (κ3) is 10.4. The zero-order valence-electron chi connectivity index (χ0n) is 18.7. The number of rotatable bonds is 20. The summed E-state index contributed by atoms with van der Waals surface area (Å²) in [5.74, 6) is -19.3. The standard InChI is InChI=1S/C19H32F9NO5/c1-2-3-5-29(6-10-32-11-7-30)13-15(34-12-8-31)14-33-9-4-16(20,21)17(22,23)18(24,25)19(26,27)28/h15,30-31H,2-14H2,1H3. The Bertz CT molecular complexity index is 539. The van der Waals surface area contributed by atoms with Crippen LogP contribution in [0.5, 0.6) is 0 Å². The van der Waals surface area contributed by atoms with Crippen molar-refractivity contribution in [2.24, 2.45) is 0 Å². The fraction of sp³-hybridized carbons (Fsp3) is 1.00. The first-order valence-electron chi connectivity index (χ1n) is 10.6. The molecule has 0 heterocycles. The van der Waals surface area contributed by atoms with Gasteiger partial charge in [0, 0.05) is 19.5 Å². The van der Waals surface area contributed by atoms with Crippen molar-refractivity contribution in [2.45, 2.75) is 56.2 Å². The Morgan fingerprint density at radius 2 is 1.38 bits per heavy atom. The van der Waals surface area contributed by atoms with Crippen molar-refractivity contribution in [3.63, 3.8) is 0 Å². The van der Waals surface area contributed by atoms with E-state index in [1.54, 1.807) is 0 Å². The molecule has 0 amide bonds. The van der Waals surface area contributed by atoms with E-state index < -0.39 is 56.3 Å². The molecule has 0 saturated carbocycles. The predicted octanol–water partition coefficient (Wildman–Crippen LogP) is 3.35. The van der Waals surface area contributed by atoms with E-state index >= 15 is 0 Å². The molecule has 1 unspecified atom stereocenters. The molecule has 206 valence electrons. The van der Waals surface area contributed by atoms with Gasteiger partial charge in [-0.25, -0.2) is 0 Å². The molecule has 15 heteroatoms. The van der Waals surface area contributed by atoms with Crippen LogP contribution in [0.1, 0.15) is 26.2 Å². The number of hydrogen-bond donors (Lipinski definition) is 2. The van der Waals surface area contributed by atoms with Gasteiger partial charge in [0.15, 0.2) is 0 Å². The van der Waals surface area contributed by atoms with Crippen molar-refractivity contribution in [1.29, 1.82) is 0 Å². The van der Waals surface area contributed by atoms with Crippen LogP contribution in [0.3, 0.4) is 0 Å². The zero-order chi connectivity index (χ0) is 26.5. The highest BCUT2D eigenvalue weighted by molar-refractivity contribution is 5.00. The number of alkyl halides is 9. The Balaban J connectivity index is 4.97. The lowest BCUT2D eigenvalue weighted by atomic mass is 10.0. The normalized spacial score (nSPS) is 14.7. The van der Waals surface area contributed by atoms with Crippen molar-refractivity contribution in [3.8, 4) is 0 Å². The first-order valence-corrected chi connectivity index (χ1v) is 10.6. The van der Waals surface area contributed by atoms with Crippen molar-refractivity contribution < 1.29 is 63.9 Å². The maximum atomic E-state index is 13.6. The van der Waals surface area contributed by atoms with Gasteiger partial charge in [-0.1, -0.05) is 13.3 Å². The zero-order valence-corrected chi connectivity index (χ0v) is 18.7. The minimum atomic E-state index is -6.94. The summed E-state index contributed by atoms with van der Waals surface area (Å²) >= 11 is 0. The summed E-state index contributed by atoms with van der Waals surface area (Å²) < 4.78 is 131. The van der Waals surface area contributed by atoms with E-state index in [1.807, 2.05) is 11.8 Å². The van der Waals surface area contributed by atoms with Gasteiger partial charge in [-0.05, 0) is 13.0 Å². The summed E-state index contributed by atoms with van der Waals surface area (Å²) in [6.45, 7) is 0.900. The number of halogens is 9. The molecule has 0 spiro atoms. The topological polar surface area (TPSA) is 71.4 Å². The summed E-state index contributed by atoms with van der Waals surface area (Å²) in [6.07, 6.45) is -8.21. The lowest BCUT2D eigenvalue weighted by Crippen LogP contribution is -2.61. The number of unbranched alkanes of at least 4 members (excludes halogenated alkanes) is 1. The van der Waals surface area contributed by atoms with Crippen molar-refractivity contribution in [1.82, 2.24) is 4.90 Å². The smallest absolute Gasteiger partial charge is 0.394 e. The van der Waals surface area contributed by atoms with Gasteiger partial charge in [-0.3, -0.25) is 4.90 Å². The van der Waals surface area contributed by atoms with Crippen LogP contribution >= 0.6 is 0 Å². The fourth-order valence-corrected chi connectivity index (χ4v) is 2.68. The minimum Gasteiger partial charge on any atom is -0.394 e. The highest BCUT2D eigenvalue weighted by Crippen LogP contribution is 2.53. The lowest BCUT2D eigenvalue weighted by molar-refractivity contribution is -0.397. The minimum absolute atomic E-state index is 0.112. The largest absolute Gasteiger partial charge is 0.460 e. The van der Waals surface area contributed by atoms with Crippen LogP contribution in [0.4, 0.5) is 39.5 Å². The Labute approximate surface area is 191 Å². The number of aliphatic hydroxyl groups excluding tert-OH is 2. The second-order valence-corrected chi connectivity index (χ2v) is 7.38. The van der Waals surface area contributed by atoms with Crippen LogP contribution in [0.2, 0.25) is 0 Å². The van der Waals surface area contributed by atoms with Gasteiger partial charge in [0.2, 0.25) is 0 Å². The molecule has 0 aromatic heterocycles. The molecule has 0 saturated heterocycles. The molecular weight excluding hydrogens is 493 g/mol. The molecule has 0 aliphatic heterocycles. The van der Waals surface area contributed by atoms with Crippen LogP contribution < -0.4 is 0 Å². The summed E-state index contributed by atoms with van der Waals surface area (Å²) in [6, 6.07) is 0. The Morgan fingerprint density at radius 3 is 1.91 bits per heavy atom. The molecule has 0 fully saturated rings. The average Bonchev–Trinajstić information content (AvgIpc) is 2.74. The van der Waals surface area contributed by atoms with Gasteiger partial charge < -0.3 is 24.4 Å². The van der Waals surface area contributed by atoms with Gasteiger partial charge in [0.1, 0.15) is 0 Å². The maximum absolute atomic E-state index is 13.6. The number of ether oxygens (including phenoxy) is 3. The molecule has 0 aromatic rings. The monoisotopic (exact) mass is 525 g/mol. The second kappa shape index (κ2) is 15.3. The number of nitrogens with zero attached hydrogens (tertiary/aromatic N) is 1. The third-order valence-electron chi connectivity index (χ3n) is 4.60. The van der Waals surface area contributed by atoms with E-state index in [9.17, 15) is 39.5 Å². The van der Waals surface area contributed by atoms with Crippen molar-refractivity contribution >= 4 is 0 Å². The molecule has 0 aromatic carbocycles. The van der Waals surface area contributed by atoms with Crippen LogP contribution in [-0.4, -0.2) is 111 Å². The summed E-state index contributed by atoms with van der Waals surface area (Å²) in [5, 5.41) is 17.7. The average molecular weight is 525 g/mol.